The topological polar surface area (TPSA) is 53.4 Å². The minimum absolute atomic E-state index is 0.182. The Morgan fingerprint density at radius 3 is 1.90 bits per heavy atom. The summed E-state index contributed by atoms with van der Waals surface area (Å²) in [6, 6.07) is 54.8. The maximum atomic E-state index is 15.6. The molecule has 0 bridgehead atoms. The maximum Gasteiger partial charge on any atom is 0.263 e. The standard InChI is InChI=1S/C43H30N2O3/c1-47-33-26-27-37-35(28-33)41(46)45-40(44-37)34-24-14-15-25-36(34)43(32-22-12-5-13-23-32)42(45,31-20-10-4-11-21-31)38(29-16-6-2-7-17-29)39(48-43)30-18-8-3-9-19-30/h2-28H,1H3/t42-,43-/m0/s1. The molecule has 0 aliphatic carbocycles. The van der Waals surface area contributed by atoms with Gasteiger partial charge in [-0.1, -0.05) is 146 Å². The van der Waals surface area contributed by atoms with E-state index in [2.05, 4.69) is 60.7 Å². The Bertz CT molecular complexity index is 2420. The highest BCUT2D eigenvalue weighted by molar-refractivity contribution is 6.00. The predicted octanol–water partition coefficient (Wildman–Crippen LogP) is 8.67. The molecule has 0 radical (unpaired) electrons. The van der Waals surface area contributed by atoms with Gasteiger partial charge in [0.2, 0.25) is 0 Å². The van der Waals surface area contributed by atoms with E-state index in [0.29, 0.717) is 28.2 Å². The highest BCUT2D eigenvalue weighted by Gasteiger charge is 2.69. The van der Waals surface area contributed by atoms with Crippen LogP contribution in [-0.2, 0) is 15.9 Å². The second-order valence-electron chi connectivity index (χ2n) is 12.2. The molecule has 5 heteroatoms. The van der Waals surface area contributed by atoms with Gasteiger partial charge in [-0.2, -0.15) is 0 Å². The van der Waals surface area contributed by atoms with Gasteiger partial charge >= 0.3 is 0 Å². The number of ether oxygens (including phenoxy) is 2. The van der Waals surface area contributed by atoms with Crippen molar-refractivity contribution in [3.63, 3.8) is 0 Å². The smallest absolute Gasteiger partial charge is 0.263 e. The molecule has 0 amide bonds. The van der Waals surface area contributed by atoms with Gasteiger partial charge in [0.15, 0.2) is 11.1 Å². The molecule has 3 heterocycles. The van der Waals surface area contributed by atoms with Gasteiger partial charge in [-0.3, -0.25) is 9.36 Å². The van der Waals surface area contributed by atoms with Crippen LogP contribution < -0.4 is 10.3 Å². The van der Waals surface area contributed by atoms with Crippen LogP contribution in [0.1, 0.15) is 27.8 Å². The summed E-state index contributed by atoms with van der Waals surface area (Å²) in [7, 11) is 1.61. The van der Waals surface area contributed by atoms with Crippen LogP contribution in [0.15, 0.2) is 169 Å². The van der Waals surface area contributed by atoms with Crippen molar-refractivity contribution in [1.29, 1.82) is 0 Å². The molecule has 5 nitrogen and oxygen atoms in total. The highest BCUT2D eigenvalue weighted by atomic mass is 16.5. The monoisotopic (exact) mass is 622 g/mol. The summed E-state index contributed by atoms with van der Waals surface area (Å²) in [5.41, 5.74) is 4.27. The molecule has 2 atom stereocenters. The van der Waals surface area contributed by atoms with Crippen LogP contribution >= 0.6 is 0 Å². The summed E-state index contributed by atoms with van der Waals surface area (Å²) < 4.78 is 15.2. The normalized spacial score (nSPS) is 19.3. The van der Waals surface area contributed by atoms with Gasteiger partial charge in [-0.25, -0.2) is 4.98 Å². The Balaban J connectivity index is 1.60. The molecule has 1 aromatic heterocycles. The van der Waals surface area contributed by atoms with Crippen LogP contribution in [-0.4, -0.2) is 16.7 Å². The van der Waals surface area contributed by atoms with Gasteiger partial charge in [-0.15, -0.1) is 0 Å². The largest absolute Gasteiger partial charge is 0.497 e. The molecule has 0 N–H and O–H groups in total. The first-order valence-corrected chi connectivity index (χ1v) is 16.1. The number of hydrogen-bond acceptors (Lipinski definition) is 4. The third-order valence-corrected chi connectivity index (χ3v) is 9.78. The Hall–Kier alpha value is -6.20. The molecule has 0 saturated heterocycles. The molecule has 0 spiro atoms. The van der Waals surface area contributed by atoms with E-state index in [-0.39, 0.29) is 5.56 Å². The molecule has 0 unspecified atom stereocenters. The number of hydrogen-bond donors (Lipinski definition) is 0. The van der Waals surface area contributed by atoms with Crippen molar-refractivity contribution in [3.8, 4) is 17.1 Å². The zero-order valence-corrected chi connectivity index (χ0v) is 26.2. The number of fused-ring (bicyclic) bond motifs is 7. The summed E-state index contributed by atoms with van der Waals surface area (Å²) in [5, 5.41) is 0.468. The van der Waals surface area contributed by atoms with Crippen LogP contribution in [0.3, 0.4) is 0 Å². The summed E-state index contributed by atoms with van der Waals surface area (Å²) in [6.07, 6.45) is 0. The van der Waals surface area contributed by atoms with Crippen LogP contribution in [0.2, 0.25) is 0 Å². The van der Waals surface area contributed by atoms with Crippen molar-refractivity contribution >= 4 is 22.2 Å². The number of rotatable bonds is 5. The Morgan fingerprint density at radius 2 is 1.23 bits per heavy atom. The van der Waals surface area contributed by atoms with Crippen LogP contribution in [0.5, 0.6) is 5.75 Å². The van der Waals surface area contributed by atoms with Gasteiger partial charge in [0.25, 0.3) is 5.56 Å². The predicted molar refractivity (Wildman–Crippen MR) is 190 cm³/mol. The lowest BCUT2D eigenvalue weighted by atomic mass is 9.60. The van der Waals surface area contributed by atoms with Gasteiger partial charge in [-0.05, 0) is 29.3 Å². The van der Waals surface area contributed by atoms with E-state index in [1.165, 1.54) is 0 Å². The second kappa shape index (κ2) is 10.7. The molecule has 9 rings (SSSR count). The molecule has 7 aromatic rings. The molecule has 0 saturated carbocycles. The molecule has 2 aliphatic heterocycles. The summed E-state index contributed by atoms with van der Waals surface area (Å²) in [6.45, 7) is 0. The van der Waals surface area contributed by atoms with Crippen molar-refractivity contribution in [3.05, 3.63) is 202 Å². The van der Waals surface area contributed by atoms with E-state index < -0.39 is 11.1 Å². The van der Waals surface area contributed by atoms with E-state index in [9.17, 15) is 0 Å². The van der Waals surface area contributed by atoms with Crippen molar-refractivity contribution in [1.82, 2.24) is 9.55 Å². The van der Waals surface area contributed by atoms with Gasteiger partial charge < -0.3 is 9.47 Å². The fourth-order valence-electron chi connectivity index (χ4n) is 7.90. The molecular weight excluding hydrogens is 592 g/mol. The van der Waals surface area contributed by atoms with E-state index >= 15 is 4.79 Å². The second-order valence-corrected chi connectivity index (χ2v) is 12.2. The van der Waals surface area contributed by atoms with E-state index in [4.69, 9.17) is 14.5 Å². The van der Waals surface area contributed by atoms with Gasteiger partial charge in [0.05, 0.1) is 18.0 Å². The zero-order valence-electron chi connectivity index (χ0n) is 26.2. The lowest BCUT2D eigenvalue weighted by Gasteiger charge is -2.51. The van der Waals surface area contributed by atoms with Crippen molar-refractivity contribution in [2.24, 2.45) is 0 Å². The first kappa shape index (κ1) is 28.1. The van der Waals surface area contributed by atoms with Crippen LogP contribution in [0.25, 0.3) is 33.6 Å². The lowest BCUT2D eigenvalue weighted by molar-refractivity contribution is 0.0232. The Morgan fingerprint density at radius 1 is 0.646 bits per heavy atom. The summed E-state index contributed by atoms with van der Waals surface area (Å²) >= 11 is 0. The SMILES string of the molecule is COc1ccc2nc3n(c(=O)c2c1)[C@@]1(c2ccccc2)C(c2ccccc2)=C(c2ccccc2)O[C@@]1(c1ccccc1)c1ccccc1-3. The Kier molecular flexibility index (Phi) is 6.24. The first-order chi connectivity index (χ1) is 23.7. The molecule has 2 aliphatic rings. The average Bonchev–Trinajstić information content (AvgIpc) is 3.50. The molecular formula is C43H30N2O3. The van der Waals surface area contributed by atoms with E-state index in [0.717, 1.165) is 39.0 Å². The van der Waals surface area contributed by atoms with Crippen LogP contribution in [0.4, 0.5) is 0 Å². The van der Waals surface area contributed by atoms with Crippen LogP contribution in [0, 0.1) is 0 Å². The fraction of sp³-hybridized carbons (Fsp3) is 0.0698. The lowest BCUT2D eigenvalue weighted by Crippen LogP contribution is -2.59. The number of aromatic nitrogens is 2. The minimum atomic E-state index is -1.26. The summed E-state index contributed by atoms with van der Waals surface area (Å²) in [4.78, 5) is 20.9. The van der Waals surface area contributed by atoms with Crippen molar-refractivity contribution in [2.75, 3.05) is 7.11 Å². The van der Waals surface area contributed by atoms with Gasteiger partial charge in [0, 0.05) is 27.8 Å². The average molecular weight is 623 g/mol. The third kappa shape index (κ3) is 3.67. The first-order valence-electron chi connectivity index (χ1n) is 16.1. The molecule has 230 valence electrons. The van der Waals surface area contributed by atoms with Crippen molar-refractivity contribution in [2.45, 2.75) is 11.1 Å². The molecule has 6 aromatic carbocycles. The number of nitrogens with zero attached hydrogens (tertiary/aromatic N) is 2. The maximum absolute atomic E-state index is 15.6. The number of benzene rings is 6. The highest BCUT2D eigenvalue weighted by Crippen LogP contribution is 2.67. The fourth-order valence-corrected chi connectivity index (χ4v) is 7.90. The summed E-state index contributed by atoms with van der Waals surface area (Å²) in [5.74, 6) is 1.87. The van der Waals surface area contributed by atoms with E-state index in [1.807, 2.05) is 102 Å². The minimum Gasteiger partial charge on any atom is -0.497 e. The Labute approximate surface area is 278 Å². The molecule has 48 heavy (non-hydrogen) atoms. The molecule has 0 fully saturated rings. The van der Waals surface area contributed by atoms with Gasteiger partial charge in [0.1, 0.15) is 17.3 Å². The zero-order chi connectivity index (χ0) is 32.3. The third-order valence-electron chi connectivity index (χ3n) is 9.78. The quantitative estimate of drug-likeness (QED) is 0.193. The van der Waals surface area contributed by atoms with E-state index in [1.54, 1.807) is 13.2 Å². The number of methoxy groups -OCH3 is 1. The van der Waals surface area contributed by atoms with Crippen molar-refractivity contribution < 1.29 is 9.47 Å².